The molecule has 0 amide bonds. The van der Waals surface area contributed by atoms with Crippen LogP contribution in [0.25, 0.3) is 97.0 Å². The Kier molecular flexibility index (Phi) is 7.75. The van der Waals surface area contributed by atoms with Gasteiger partial charge in [0.2, 0.25) is 0 Å². The minimum absolute atomic E-state index is 0.894. The molecule has 12 rings (SSSR count). The van der Waals surface area contributed by atoms with Crippen molar-refractivity contribution in [2.75, 3.05) is 4.90 Å². The van der Waals surface area contributed by atoms with E-state index >= 15 is 0 Å². The highest BCUT2D eigenvalue weighted by atomic mass is 32.1. The van der Waals surface area contributed by atoms with Gasteiger partial charge in [0.05, 0.1) is 0 Å². The summed E-state index contributed by atoms with van der Waals surface area (Å²) < 4.78 is 9.51. The van der Waals surface area contributed by atoms with Gasteiger partial charge in [-0.05, 0) is 105 Å². The number of benzene rings is 10. The topological polar surface area (TPSA) is 16.4 Å². The zero-order valence-corrected chi connectivity index (χ0v) is 32.8. The van der Waals surface area contributed by atoms with Crippen molar-refractivity contribution in [1.29, 1.82) is 0 Å². The predicted octanol–water partition coefficient (Wildman–Crippen LogP) is 16.7. The van der Waals surface area contributed by atoms with Crippen LogP contribution in [0.5, 0.6) is 0 Å². The molecule has 0 aliphatic rings. The van der Waals surface area contributed by atoms with Crippen LogP contribution in [0.3, 0.4) is 0 Å². The van der Waals surface area contributed by atoms with Crippen molar-refractivity contribution in [3.63, 3.8) is 0 Å². The third-order valence-electron chi connectivity index (χ3n) is 11.8. The molecule has 0 atom stereocenters. The summed E-state index contributed by atoms with van der Waals surface area (Å²) in [6.07, 6.45) is 0. The van der Waals surface area contributed by atoms with Crippen LogP contribution in [0.2, 0.25) is 0 Å². The summed E-state index contributed by atoms with van der Waals surface area (Å²) in [4.78, 5) is 2.43. The Labute approximate surface area is 345 Å². The largest absolute Gasteiger partial charge is 0.455 e. The molecule has 2 heterocycles. The second-order valence-corrected chi connectivity index (χ2v) is 16.4. The van der Waals surface area contributed by atoms with Gasteiger partial charge in [0.25, 0.3) is 0 Å². The number of anilines is 3. The average molecular weight is 770 g/mol. The van der Waals surface area contributed by atoms with Crippen molar-refractivity contribution in [2.45, 2.75) is 0 Å². The molecule has 2 nitrogen and oxygen atoms in total. The number of furan rings is 1. The highest BCUT2D eigenvalue weighted by Crippen LogP contribution is 2.46. The maximum atomic E-state index is 6.93. The maximum Gasteiger partial charge on any atom is 0.143 e. The fraction of sp³-hybridized carbons (Fsp3) is 0. The van der Waals surface area contributed by atoms with Gasteiger partial charge < -0.3 is 9.32 Å². The highest BCUT2D eigenvalue weighted by molar-refractivity contribution is 7.26. The fourth-order valence-electron chi connectivity index (χ4n) is 9.02. The molecule has 0 saturated heterocycles. The van der Waals surface area contributed by atoms with Gasteiger partial charge in [0, 0.05) is 59.0 Å². The van der Waals surface area contributed by atoms with E-state index in [9.17, 15) is 0 Å². The van der Waals surface area contributed by atoms with Gasteiger partial charge in [-0.25, -0.2) is 0 Å². The quantitative estimate of drug-likeness (QED) is 0.167. The Hall–Kier alpha value is -7.46. The lowest BCUT2D eigenvalue weighted by atomic mass is 9.95. The van der Waals surface area contributed by atoms with Gasteiger partial charge in [-0.15, -0.1) is 11.3 Å². The second kappa shape index (κ2) is 13.6. The first-order valence-electron chi connectivity index (χ1n) is 20.1. The van der Waals surface area contributed by atoms with Crippen LogP contribution in [0.4, 0.5) is 17.1 Å². The molecular formula is C56H35NOS. The lowest BCUT2D eigenvalue weighted by molar-refractivity contribution is 0.674. The SMILES string of the molecule is c1ccc(-c2cccc(N(c3cc(-c4ccccc4)cc(-c4cccc5c4oc4c6ccccc6ccc54)c3)c3ccc4sc5ccc6ccccc6c5c4c3)c2)cc1. The molecule has 0 saturated carbocycles. The maximum absolute atomic E-state index is 6.93. The van der Waals surface area contributed by atoms with E-state index < -0.39 is 0 Å². The molecule has 0 unspecified atom stereocenters. The average Bonchev–Trinajstić information content (AvgIpc) is 3.89. The number of fused-ring (bicyclic) bond motifs is 10. The normalized spacial score (nSPS) is 11.7. The van der Waals surface area contributed by atoms with Crippen LogP contribution in [0.1, 0.15) is 0 Å². The highest BCUT2D eigenvalue weighted by Gasteiger charge is 2.21. The molecule has 0 aliphatic carbocycles. The van der Waals surface area contributed by atoms with E-state index in [0.717, 1.165) is 66.6 Å². The van der Waals surface area contributed by atoms with Gasteiger partial charge >= 0.3 is 0 Å². The molecule has 3 heteroatoms. The molecule has 0 fully saturated rings. The fourth-order valence-corrected chi connectivity index (χ4v) is 10.1. The number of thiophene rings is 1. The Morgan fingerprint density at radius 1 is 0.322 bits per heavy atom. The summed E-state index contributed by atoms with van der Waals surface area (Å²) in [5.74, 6) is 0. The van der Waals surface area contributed by atoms with Crippen LogP contribution in [-0.4, -0.2) is 0 Å². The van der Waals surface area contributed by atoms with Gasteiger partial charge in [-0.2, -0.15) is 0 Å². The number of nitrogens with zero attached hydrogens (tertiary/aromatic N) is 1. The number of rotatable bonds is 6. The third-order valence-corrected chi connectivity index (χ3v) is 12.9. The van der Waals surface area contributed by atoms with Gasteiger partial charge in [0.15, 0.2) is 0 Å². The molecule has 10 aromatic carbocycles. The first kappa shape index (κ1) is 33.7. The van der Waals surface area contributed by atoms with E-state index in [1.165, 1.54) is 47.5 Å². The van der Waals surface area contributed by atoms with Crippen LogP contribution in [0.15, 0.2) is 217 Å². The van der Waals surface area contributed by atoms with Crippen molar-refractivity contribution < 1.29 is 4.42 Å². The first-order valence-corrected chi connectivity index (χ1v) is 20.9. The van der Waals surface area contributed by atoms with E-state index in [0.29, 0.717) is 0 Å². The van der Waals surface area contributed by atoms with Crippen molar-refractivity contribution >= 4 is 92.1 Å². The van der Waals surface area contributed by atoms with Gasteiger partial charge in [0.1, 0.15) is 11.2 Å². The zero-order valence-electron chi connectivity index (χ0n) is 32.0. The Bertz CT molecular complexity index is 3560. The summed E-state index contributed by atoms with van der Waals surface area (Å²) in [7, 11) is 0. The standard InChI is InChI=1S/C56H35NOS/c1-3-13-36(14-4-1)40-19-11-20-43(32-40)57(44-27-30-52-51(35-44)54-46-21-9-7-17-38(46)26-29-53(54)59-52)45-33-41(37-15-5-2-6-16-37)31-42(34-45)48-23-12-24-49-50-28-25-39-18-8-10-22-47(39)55(50)58-56(48)49/h1-35H. The monoisotopic (exact) mass is 769 g/mol. The lowest BCUT2D eigenvalue weighted by Crippen LogP contribution is -2.10. The van der Waals surface area contributed by atoms with Gasteiger partial charge in [-0.3, -0.25) is 0 Å². The van der Waals surface area contributed by atoms with Crippen molar-refractivity contribution in [2.24, 2.45) is 0 Å². The van der Waals surface area contributed by atoms with E-state index in [-0.39, 0.29) is 0 Å². The number of hydrogen-bond donors (Lipinski definition) is 0. The Balaban J connectivity index is 1.13. The van der Waals surface area contributed by atoms with E-state index in [2.05, 4.69) is 217 Å². The van der Waals surface area contributed by atoms with Crippen LogP contribution < -0.4 is 4.90 Å². The molecule has 59 heavy (non-hydrogen) atoms. The summed E-state index contributed by atoms with van der Waals surface area (Å²) in [5, 5.41) is 9.65. The van der Waals surface area contributed by atoms with Gasteiger partial charge in [-0.1, -0.05) is 152 Å². The first-order chi connectivity index (χ1) is 29.2. The molecule has 0 spiro atoms. The molecule has 0 N–H and O–H groups in total. The molecule has 0 aliphatic heterocycles. The molecule has 2 aromatic heterocycles. The summed E-state index contributed by atoms with van der Waals surface area (Å²) in [5.41, 5.74) is 11.9. The smallest absolute Gasteiger partial charge is 0.143 e. The Morgan fingerprint density at radius 3 is 1.75 bits per heavy atom. The minimum atomic E-state index is 0.894. The zero-order chi connectivity index (χ0) is 38.9. The van der Waals surface area contributed by atoms with Crippen LogP contribution in [0, 0.1) is 0 Å². The molecular weight excluding hydrogens is 735 g/mol. The minimum Gasteiger partial charge on any atom is -0.455 e. The van der Waals surface area contributed by atoms with Crippen molar-refractivity contribution in [1.82, 2.24) is 0 Å². The van der Waals surface area contributed by atoms with Crippen LogP contribution in [-0.2, 0) is 0 Å². The van der Waals surface area contributed by atoms with Crippen molar-refractivity contribution in [3.05, 3.63) is 212 Å². The van der Waals surface area contributed by atoms with Crippen LogP contribution >= 0.6 is 11.3 Å². The van der Waals surface area contributed by atoms with E-state index in [4.69, 9.17) is 4.42 Å². The molecule has 12 aromatic rings. The summed E-state index contributed by atoms with van der Waals surface area (Å²) in [6, 6.07) is 77.0. The molecule has 0 radical (unpaired) electrons. The number of para-hydroxylation sites is 1. The summed E-state index contributed by atoms with van der Waals surface area (Å²) >= 11 is 1.86. The van der Waals surface area contributed by atoms with Crippen molar-refractivity contribution in [3.8, 4) is 33.4 Å². The summed E-state index contributed by atoms with van der Waals surface area (Å²) in [6.45, 7) is 0. The predicted molar refractivity (Wildman–Crippen MR) is 253 cm³/mol. The number of hydrogen-bond acceptors (Lipinski definition) is 3. The lowest BCUT2D eigenvalue weighted by Gasteiger charge is -2.27. The molecule has 276 valence electrons. The van der Waals surface area contributed by atoms with E-state index in [1.807, 2.05) is 11.3 Å². The molecule has 0 bridgehead atoms. The van der Waals surface area contributed by atoms with E-state index in [1.54, 1.807) is 0 Å². The second-order valence-electron chi connectivity index (χ2n) is 15.3. The Morgan fingerprint density at radius 2 is 0.915 bits per heavy atom. The third kappa shape index (κ3) is 5.62.